The Labute approximate surface area is 103 Å². The van der Waals surface area contributed by atoms with Crippen LogP contribution in [0.3, 0.4) is 0 Å². The Hall–Kier alpha value is -0.530. The molecule has 0 unspecified atom stereocenters. The van der Waals surface area contributed by atoms with Gasteiger partial charge in [-0.1, -0.05) is 20.3 Å². The van der Waals surface area contributed by atoms with Crippen LogP contribution in [0.2, 0.25) is 0 Å². The van der Waals surface area contributed by atoms with E-state index in [1.807, 2.05) is 0 Å². The standard InChI is InChI=1S/C15H22O2/c1-7-3-4-10-8(2)14-13-11(15(16)17-14)6-5-9(7)12(10)13/h7-14H,3-6H2,1-2H3/t7-,8+,9-,10+,11-,12-,13-,14+/m1/s1. The molecule has 3 aliphatic carbocycles. The SMILES string of the molecule is C[C@H]1[C@@H]2CC[C@@H](C)[C@H]3CC[C@H]4C(=O)O[C@@H]1[C@H]4[C@@H]23. The van der Waals surface area contributed by atoms with Crippen LogP contribution in [-0.4, -0.2) is 12.1 Å². The first-order chi connectivity index (χ1) is 8.18. The van der Waals surface area contributed by atoms with E-state index in [2.05, 4.69) is 13.8 Å². The van der Waals surface area contributed by atoms with Gasteiger partial charge >= 0.3 is 5.97 Å². The van der Waals surface area contributed by atoms with Gasteiger partial charge in [-0.3, -0.25) is 4.79 Å². The Morgan fingerprint density at radius 2 is 1.76 bits per heavy atom. The number of hydrogen-bond acceptors (Lipinski definition) is 2. The summed E-state index contributed by atoms with van der Waals surface area (Å²) in [7, 11) is 0. The summed E-state index contributed by atoms with van der Waals surface area (Å²) >= 11 is 0. The summed E-state index contributed by atoms with van der Waals surface area (Å²) in [4.78, 5) is 11.9. The van der Waals surface area contributed by atoms with Crippen LogP contribution in [0.15, 0.2) is 0 Å². The molecule has 2 heteroatoms. The third-order valence-corrected chi connectivity index (χ3v) is 6.52. The van der Waals surface area contributed by atoms with E-state index in [0.717, 1.165) is 30.1 Å². The van der Waals surface area contributed by atoms with E-state index in [0.29, 0.717) is 11.8 Å². The molecule has 1 saturated heterocycles. The van der Waals surface area contributed by atoms with Gasteiger partial charge in [0.15, 0.2) is 0 Å². The summed E-state index contributed by atoms with van der Waals surface area (Å²) < 4.78 is 5.72. The molecular weight excluding hydrogens is 212 g/mol. The van der Waals surface area contributed by atoms with Crippen molar-refractivity contribution in [2.45, 2.75) is 45.6 Å². The van der Waals surface area contributed by atoms with Gasteiger partial charge in [-0.2, -0.15) is 0 Å². The molecule has 0 spiro atoms. The summed E-state index contributed by atoms with van der Waals surface area (Å²) in [6.07, 6.45) is 5.42. The van der Waals surface area contributed by atoms with Crippen LogP contribution in [0.1, 0.15) is 39.5 Å². The minimum absolute atomic E-state index is 0.127. The Bertz CT molecular complexity index is 362. The highest BCUT2D eigenvalue weighted by Crippen LogP contribution is 2.62. The van der Waals surface area contributed by atoms with Crippen LogP contribution in [0.4, 0.5) is 0 Å². The molecule has 0 bridgehead atoms. The van der Waals surface area contributed by atoms with Crippen molar-refractivity contribution < 1.29 is 9.53 Å². The second-order valence-electron chi connectivity index (χ2n) is 6.98. The molecule has 0 radical (unpaired) electrons. The van der Waals surface area contributed by atoms with Crippen LogP contribution >= 0.6 is 0 Å². The second kappa shape index (κ2) is 3.27. The third kappa shape index (κ3) is 1.15. The van der Waals surface area contributed by atoms with Crippen molar-refractivity contribution in [2.75, 3.05) is 0 Å². The number of rotatable bonds is 0. The topological polar surface area (TPSA) is 26.3 Å². The summed E-state index contributed by atoms with van der Waals surface area (Å²) in [5, 5.41) is 0. The van der Waals surface area contributed by atoms with Crippen molar-refractivity contribution in [3.8, 4) is 0 Å². The van der Waals surface area contributed by atoms with Gasteiger partial charge < -0.3 is 4.74 Å². The van der Waals surface area contributed by atoms with E-state index in [9.17, 15) is 4.79 Å². The molecule has 94 valence electrons. The third-order valence-electron chi connectivity index (χ3n) is 6.52. The first-order valence-corrected chi connectivity index (χ1v) is 7.39. The molecule has 3 saturated carbocycles. The largest absolute Gasteiger partial charge is 0.462 e. The fraction of sp³-hybridized carbons (Fsp3) is 0.933. The van der Waals surface area contributed by atoms with E-state index in [4.69, 9.17) is 4.74 Å². The molecule has 0 aromatic heterocycles. The molecule has 17 heavy (non-hydrogen) atoms. The van der Waals surface area contributed by atoms with Gasteiger partial charge in [-0.15, -0.1) is 0 Å². The van der Waals surface area contributed by atoms with Crippen molar-refractivity contribution in [1.82, 2.24) is 0 Å². The molecule has 1 aliphatic heterocycles. The summed E-state index contributed by atoms with van der Waals surface area (Å²) in [5.41, 5.74) is 0. The predicted molar refractivity (Wildman–Crippen MR) is 64.1 cm³/mol. The van der Waals surface area contributed by atoms with E-state index in [1.54, 1.807) is 0 Å². The molecule has 0 N–H and O–H groups in total. The van der Waals surface area contributed by atoms with E-state index < -0.39 is 0 Å². The van der Waals surface area contributed by atoms with Crippen molar-refractivity contribution in [1.29, 1.82) is 0 Å². The summed E-state index contributed by atoms with van der Waals surface area (Å²) in [6, 6.07) is 0. The normalized spacial score (nSPS) is 60.0. The zero-order chi connectivity index (χ0) is 11.7. The number of esters is 1. The highest BCUT2D eigenvalue weighted by atomic mass is 16.6. The van der Waals surface area contributed by atoms with Gasteiger partial charge in [-0.25, -0.2) is 0 Å². The van der Waals surface area contributed by atoms with Crippen LogP contribution in [0, 0.1) is 41.4 Å². The molecule has 4 aliphatic rings. The minimum Gasteiger partial charge on any atom is -0.462 e. The number of carbonyl (C=O) groups is 1. The summed E-state index contributed by atoms with van der Waals surface area (Å²) in [6.45, 7) is 4.76. The summed E-state index contributed by atoms with van der Waals surface area (Å²) in [5.74, 6) is 5.01. The molecular formula is C15H22O2. The van der Waals surface area contributed by atoms with Gasteiger partial charge in [0.25, 0.3) is 0 Å². The first kappa shape index (κ1) is 10.4. The smallest absolute Gasteiger partial charge is 0.309 e. The van der Waals surface area contributed by atoms with Gasteiger partial charge in [0.05, 0.1) is 5.92 Å². The van der Waals surface area contributed by atoms with Crippen LogP contribution in [0.5, 0.6) is 0 Å². The van der Waals surface area contributed by atoms with E-state index in [-0.39, 0.29) is 18.0 Å². The van der Waals surface area contributed by atoms with Crippen molar-refractivity contribution in [3.05, 3.63) is 0 Å². The first-order valence-electron chi connectivity index (χ1n) is 7.39. The van der Waals surface area contributed by atoms with Gasteiger partial charge in [0, 0.05) is 5.92 Å². The molecule has 2 nitrogen and oxygen atoms in total. The zero-order valence-electron chi connectivity index (χ0n) is 10.8. The highest BCUT2D eigenvalue weighted by molar-refractivity contribution is 5.76. The average molecular weight is 234 g/mol. The number of hydrogen-bond donors (Lipinski definition) is 0. The van der Waals surface area contributed by atoms with Crippen molar-refractivity contribution >= 4 is 5.97 Å². The maximum Gasteiger partial charge on any atom is 0.309 e. The molecule has 4 fully saturated rings. The maximum absolute atomic E-state index is 11.9. The fourth-order valence-corrected chi connectivity index (χ4v) is 5.78. The number of carbonyl (C=O) groups excluding carboxylic acids is 1. The van der Waals surface area contributed by atoms with Crippen molar-refractivity contribution in [2.24, 2.45) is 41.4 Å². The lowest BCUT2D eigenvalue weighted by Gasteiger charge is -2.45. The van der Waals surface area contributed by atoms with Gasteiger partial charge in [0.2, 0.25) is 0 Å². The Kier molecular flexibility index (Phi) is 2.00. The molecule has 8 atom stereocenters. The highest BCUT2D eigenvalue weighted by Gasteiger charge is 2.63. The van der Waals surface area contributed by atoms with E-state index >= 15 is 0 Å². The maximum atomic E-state index is 11.9. The molecule has 0 amide bonds. The van der Waals surface area contributed by atoms with Crippen LogP contribution in [0.25, 0.3) is 0 Å². The van der Waals surface area contributed by atoms with Gasteiger partial charge in [0.1, 0.15) is 6.10 Å². The Balaban J connectivity index is 1.76. The lowest BCUT2D eigenvalue weighted by molar-refractivity contribution is -0.147. The molecule has 0 aromatic carbocycles. The monoisotopic (exact) mass is 234 g/mol. The second-order valence-corrected chi connectivity index (χ2v) is 6.98. The average Bonchev–Trinajstić information content (AvgIpc) is 2.79. The van der Waals surface area contributed by atoms with Gasteiger partial charge in [-0.05, 0) is 48.9 Å². The Morgan fingerprint density at radius 1 is 1.00 bits per heavy atom. The predicted octanol–water partition coefficient (Wildman–Crippen LogP) is 2.87. The lowest BCUT2D eigenvalue weighted by Crippen LogP contribution is -2.41. The minimum atomic E-state index is 0.127. The molecule has 1 heterocycles. The van der Waals surface area contributed by atoms with Crippen LogP contribution in [-0.2, 0) is 9.53 Å². The van der Waals surface area contributed by atoms with Crippen LogP contribution < -0.4 is 0 Å². The lowest BCUT2D eigenvalue weighted by atomic mass is 9.58. The quantitative estimate of drug-likeness (QED) is 0.602. The fourth-order valence-electron chi connectivity index (χ4n) is 5.78. The molecule has 0 aromatic rings. The van der Waals surface area contributed by atoms with Crippen molar-refractivity contribution in [3.63, 3.8) is 0 Å². The molecule has 4 rings (SSSR count). The Morgan fingerprint density at radius 3 is 2.59 bits per heavy atom. The zero-order valence-corrected chi connectivity index (χ0v) is 10.8. The number of ether oxygens (including phenoxy) is 1. The van der Waals surface area contributed by atoms with E-state index in [1.165, 1.54) is 19.3 Å².